The van der Waals surface area contributed by atoms with Gasteiger partial charge in [-0.15, -0.1) is 11.3 Å². The zero-order chi connectivity index (χ0) is 43.9. The first-order valence-corrected chi connectivity index (χ1v) is 22.0. The number of ether oxygens (including phenoxy) is 2. The summed E-state index contributed by atoms with van der Waals surface area (Å²) in [6.45, 7) is 6.03. The molecule has 3 heterocycles. The second kappa shape index (κ2) is 18.8. The van der Waals surface area contributed by atoms with E-state index in [0.717, 1.165) is 34.1 Å². The Morgan fingerprint density at radius 3 is 2.26 bits per heavy atom. The number of amides is 3. The molecule has 61 heavy (non-hydrogen) atoms. The third kappa shape index (κ3) is 10.6. The predicted octanol–water partition coefficient (Wildman–Crippen LogP) is 4.00. The van der Waals surface area contributed by atoms with Crippen LogP contribution in [0.3, 0.4) is 0 Å². The Bertz CT molecular complexity index is 2500. The molecule has 2 N–H and O–H groups in total. The molecule has 0 radical (unpaired) electrons. The van der Waals surface area contributed by atoms with Crippen LogP contribution in [-0.4, -0.2) is 87.8 Å². The van der Waals surface area contributed by atoms with Crippen LogP contribution in [0, 0.1) is 6.92 Å². The Morgan fingerprint density at radius 1 is 1.02 bits per heavy atom. The molecule has 2 unspecified atom stereocenters. The fourth-order valence-corrected chi connectivity index (χ4v) is 9.13. The molecular weight excluding hydrogens is 851 g/mol. The number of nitrogens with one attached hydrogen (secondary N) is 2. The van der Waals surface area contributed by atoms with Crippen molar-refractivity contribution in [3.63, 3.8) is 0 Å². The third-order valence-corrected chi connectivity index (χ3v) is 12.3. The summed E-state index contributed by atoms with van der Waals surface area (Å²) in [5.74, 6) is -4.12. The number of nitrogens with zero attached hydrogens (tertiary/aromatic N) is 3. The van der Waals surface area contributed by atoms with Crippen molar-refractivity contribution in [2.24, 2.45) is 5.16 Å². The second-order valence-corrected chi connectivity index (χ2v) is 18.3. The Labute approximate surface area is 357 Å². The van der Waals surface area contributed by atoms with Gasteiger partial charge in [0.25, 0.3) is 11.8 Å². The molecule has 4 aromatic rings. The van der Waals surface area contributed by atoms with Gasteiger partial charge in [0.15, 0.2) is 16.9 Å². The van der Waals surface area contributed by atoms with Crippen molar-refractivity contribution < 1.29 is 55.1 Å². The van der Waals surface area contributed by atoms with Crippen molar-refractivity contribution >= 4 is 73.3 Å². The van der Waals surface area contributed by atoms with E-state index in [1.807, 2.05) is 0 Å². The number of carbonyl (C=O) groups is 5. The van der Waals surface area contributed by atoms with Crippen molar-refractivity contribution in [1.29, 1.82) is 0 Å². The van der Waals surface area contributed by atoms with E-state index >= 15 is 0 Å². The lowest BCUT2D eigenvalue weighted by molar-refractivity contribution is -0.160. The number of thiazole rings is 1. The molecule has 1 fully saturated rings. The Morgan fingerprint density at radius 2 is 1.66 bits per heavy atom. The highest BCUT2D eigenvalue weighted by Gasteiger charge is 2.57. The molecule has 17 nitrogen and oxygen atoms in total. The van der Waals surface area contributed by atoms with Gasteiger partial charge in [-0.05, 0) is 62.6 Å². The lowest BCUT2D eigenvalue weighted by Gasteiger charge is -2.49. The van der Waals surface area contributed by atoms with E-state index in [1.165, 1.54) is 17.5 Å². The number of allylic oxidation sites excluding steroid dienone is 1. The summed E-state index contributed by atoms with van der Waals surface area (Å²) in [6.07, 6.45) is 1.33. The number of anilines is 1. The number of esters is 2. The van der Waals surface area contributed by atoms with E-state index in [2.05, 4.69) is 20.8 Å². The molecule has 0 saturated carbocycles. The monoisotopic (exact) mass is 889 g/mol. The van der Waals surface area contributed by atoms with E-state index < -0.39 is 85.9 Å². The van der Waals surface area contributed by atoms with E-state index in [4.69, 9.17) is 18.5 Å². The van der Waals surface area contributed by atoms with Crippen molar-refractivity contribution in [3.8, 4) is 0 Å². The average Bonchev–Trinajstić information content (AvgIpc) is 3.68. The van der Waals surface area contributed by atoms with Gasteiger partial charge >= 0.3 is 22.1 Å². The standard InChI is InChI=1S/C41H39N5O12S3/c1-25-15-17-29(18-16-25)61(53,54)56-20-19-28-23-60(52)38-33(44-36(49)32(30-22-59-40(43-30)42-24-47)45-55-21-31(48)58-41(2,3)4)37(50)46(38)34(28)39(51)57-35(26-11-7-5-8-12-26)27-13-9-6-10-14-27/h5-20,22,24,33,35,38H,21,23H2,1-4H3,(H,44,49)(H,42,43,47)/t33?,38-,60?/m1/s1. The van der Waals surface area contributed by atoms with Crippen molar-refractivity contribution in [1.82, 2.24) is 15.2 Å². The van der Waals surface area contributed by atoms with Gasteiger partial charge in [-0.2, -0.15) is 8.42 Å². The Balaban J connectivity index is 1.31. The first-order valence-electron chi connectivity index (χ1n) is 18.4. The summed E-state index contributed by atoms with van der Waals surface area (Å²) in [6, 6.07) is 22.0. The molecule has 318 valence electrons. The smallest absolute Gasteiger partial charge is 0.356 e. The van der Waals surface area contributed by atoms with Gasteiger partial charge in [0, 0.05) is 5.38 Å². The Kier molecular flexibility index (Phi) is 13.6. The molecule has 0 bridgehead atoms. The zero-order valence-electron chi connectivity index (χ0n) is 33.0. The normalized spacial score (nSPS) is 17.9. The largest absolute Gasteiger partial charge is 0.457 e. The van der Waals surface area contributed by atoms with Gasteiger partial charge in [0.2, 0.25) is 13.0 Å². The zero-order valence-corrected chi connectivity index (χ0v) is 35.5. The summed E-state index contributed by atoms with van der Waals surface area (Å²) in [7, 11) is -6.33. The number of aryl methyl sites for hydroxylation is 1. The number of rotatable bonds is 16. The maximum Gasteiger partial charge on any atom is 0.356 e. The molecule has 20 heteroatoms. The van der Waals surface area contributed by atoms with Crippen LogP contribution < -0.4 is 10.6 Å². The SMILES string of the molecule is Cc1ccc(S(=O)(=O)OC=CC2=C(C(=O)OC(c3ccccc3)c3ccccc3)N3C(=O)C(NC(=O)C(=NOCC(=O)OC(C)(C)C)c4csc(NC=O)n4)[C@H]3S(=O)C2)cc1. The van der Waals surface area contributed by atoms with Crippen LogP contribution in [-0.2, 0) is 63.4 Å². The topological polar surface area (TPSA) is 226 Å². The summed E-state index contributed by atoms with van der Waals surface area (Å²) in [5, 5.41) is 8.78. The number of oxime groups is 1. The van der Waals surface area contributed by atoms with Crippen LogP contribution in [0.25, 0.3) is 0 Å². The molecule has 0 spiro atoms. The fourth-order valence-electron chi connectivity index (χ4n) is 6.05. The average molecular weight is 890 g/mol. The van der Waals surface area contributed by atoms with Gasteiger partial charge in [0.1, 0.15) is 39.6 Å². The van der Waals surface area contributed by atoms with Gasteiger partial charge in [-0.3, -0.25) is 23.5 Å². The number of carbonyl (C=O) groups excluding carboxylic acids is 5. The van der Waals surface area contributed by atoms with E-state index in [0.29, 0.717) is 17.5 Å². The molecular formula is C41H39N5O12S3. The number of β-lactam (4-membered cyclic amide) rings is 1. The highest BCUT2D eigenvalue weighted by Crippen LogP contribution is 2.38. The quantitative estimate of drug-likeness (QED) is 0.0309. The van der Waals surface area contributed by atoms with Crippen LogP contribution in [0.15, 0.2) is 124 Å². The van der Waals surface area contributed by atoms with Crippen LogP contribution >= 0.6 is 11.3 Å². The lowest BCUT2D eigenvalue weighted by Crippen LogP contribution is -2.74. The minimum absolute atomic E-state index is 0.0489. The van der Waals surface area contributed by atoms with E-state index in [-0.39, 0.29) is 27.0 Å². The number of benzene rings is 3. The van der Waals surface area contributed by atoms with Crippen molar-refractivity contribution in [2.45, 2.75) is 55.7 Å². The number of hydrogen-bond donors (Lipinski definition) is 2. The molecule has 3 amide bonds. The molecule has 2 aliphatic heterocycles. The highest BCUT2D eigenvalue weighted by molar-refractivity contribution is 7.87. The third-order valence-electron chi connectivity index (χ3n) is 8.73. The molecule has 2 aliphatic rings. The minimum atomic E-state index is -4.32. The summed E-state index contributed by atoms with van der Waals surface area (Å²) < 4.78 is 56.4. The van der Waals surface area contributed by atoms with Crippen molar-refractivity contribution in [3.05, 3.63) is 136 Å². The molecule has 3 aromatic carbocycles. The Hall–Kier alpha value is -6.51. The van der Waals surface area contributed by atoms with Crippen LogP contribution in [0.1, 0.15) is 49.3 Å². The maximum atomic E-state index is 14.4. The molecule has 0 aliphatic carbocycles. The predicted molar refractivity (Wildman–Crippen MR) is 222 cm³/mol. The minimum Gasteiger partial charge on any atom is -0.457 e. The summed E-state index contributed by atoms with van der Waals surface area (Å²) in [5.41, 5.74) is 0.150. The van der Waals surface area contributed by atoms with Gasteiger partial charge < -0.3 is 29.1 Å². The summed E-state index contributed by atoms with van der Waals surface area (Å²) in [4.78, 5) is 75.7. The number of hydrogen-bond acceptors (Lipinski definition) is 15. The molecule has 3 atom stereocenters. The number of fused-ring (bicyclic) bond motifs is 1. The van der Waals surface area contributed by atoms with Gasteiger partial charge in [0.05, 0.1) is 16.6 Å². The second-order valence-electron chi connectivity index (χ2n) is 14.3. The van der Waals surface area contributed by atoms with Gasteiger partial charge in [-0.25, -0.2) is 14.6 Å². The lowest BCUT2D eigenvalue weighted by atomic mass is 10.0. The molecule has 1 aromatic heterocycles. The maximum absolute atomic E-state index is 14.4. The first-order chi connectivity index (χ1) is 29.1. The van der Waals surface area contributed by atoms with E-state index in [1.54, 1.807) is 100 Å². The highest BCUT2D eigenvalue weighted by atomic mass is 32.2. The molecule has 6 rings (SSSR count). The number of aromatic nitrogens is 1. The van der Waals surface area contributed by atoms with Crippen LogP contribution in [0.4, 0.5) is 5.13 Å². The van der Waals surface area contributed by atoms with Crippen molar-refractivity contribution in [2.75, 3.05) is 17.7 Å². The fraction of sp³-hybridized carbons (Fsp3) is 0.244. The van der Waals surface area contributed by atoms with Crippen LogP contribution in [0.2, 0.25) is 0 Å². The summed E-state index contributed by atoms with van der Waals surface area (Å²) >= 11 is 0.940. The van der Waals surface area contributed by atoms with Gasteiger partial charge in [-0.1, -0.05) is 83.5 Å². The molecule has 1 saturated heterocycles. The van der Waals surface area contributed by atoms with E-state index in [9.17, 15) is 36.6 Å². The van der Waals surface area contributed by atoms with Crippen LogP contribution in [0.5, 0.6) is 0 Å². The first kappa shape index (κ1) is 44.1.